The van der Waals surface area contributed by atoms with Gasteiger partial charge >= 0.3 is 0 Å². The number of carbonyl (C=O) groups excluding carboxylic acids is 1. The molecule has 1 aliphatic rings. The monoisotopic (exact) mass is 202 g/mol. The number of hydrogen-bond donors (Lipinski definition) is 1. The predicted molar refractivity (Wildman–Crippen MR) is 53.8 cm³/mol. The molecule has 14 heavy (non-hydrogen) atoms. The number of alkyl halides is 1. The van der Waals surface area contributed by atoms with E-state index in [1.165, 1.54) is 0 Å². The van der Waals surface area contributed by atoms with Gasteiger partial charge in [0.25, 0.3) is 0 Å². The van der Waals surface area contributed by atoms with Gasteiger partial charge in [0, 0.05) is 19.0 Å². The summed E-state index contributed by atoms with van der Waals surface area (Å²) >= 11 is 0. The molecule has 1 heterocycles. The Kier molecular flexibility index (Phi) is 3.86. The third-order valence-corrected chi connectivity index (χ3v) is 2.80. The first-order chi connectivity index (χ1) is 6.54. The standard InChI is InChI=1S/C10H19FN2O/c1-4-7(2)12-10(14)9-5-8(11)6-13(9)3/h7-9H,4-6H2,1-3H3,(H,12,14)/t7-,8?,9+/m1/s1. The van der Waals surface area contributed by atoms with Gasteiger partial charge in [0.05, 0.1) is 6.04 Å². The SMILES string of the molecule is CC[C@@H](C)NC(=O)[C@@H]1CC(F)CN1C. The van der Waals surface area contributed by atoms with Crippen LogP contribution in [-0.4, -0.2) is 42.7 Å². The molecule has 3 nitrogen and oxygen atoms in total. The first-order valence-corrected chi connectivity index (χ1v) is 5.19. The smallest absolute Gasteiger partial charge is 0.237 e. The number of halogens is 1. The maximum Gasteiger partial charge on any atom is 0.237 e. The minimum atomic E-state index is -0.854. The van der Waals surface area contributed by atoms with Gasteiger partial charge < -0.3 is 5.32 Å². The first-order valence-electron chi connectivity index (χ1n) is 5.19. The van der Waals surface area contributed by atoms with Crippen LogP contribution in [0, 0.1) is 0 Å². The molecule has 0 aromatic carbocycles. The fourth-order valence-electron chi connectivity index (χ4n) is 1.68. The molecule has 4 heteroatoms. The Hall–Kier alpha value is -0.640. The molecule has 0 bridgehead atoms. The number of hydrogen-bond acceptors (Lipinski definition) is 2. The van der Waals surface area contributed by atoms with Gasteiger partial charge in [0.2, 0.25) is 5.91 Å². The summed E-state index contributed by atoms with van der Waals surface area (Å²) in [6.45, 7) is 4.35. The summed E-state index contributed by atoms with van der Waals surface area (Å²) in [5.74, 6) is -0.0398. The summed E-state index contributed by atoms with van der Waals surface area (Å²) in [7, 11) is 1.79. The van der Waals surface area contributed by atoms with Gasteiger partial charge in [-0.25, -0.2) is 4.39 Å². The highest BCUT2D eigenvalue weighted by molar-refractivity contribution is 5.82. The van der Waals surface area contributed by atoms with Crippen LogP contribution >= 0.6 is 0 Å². The van der Waals surface area contributed by atoms with Crippen molar-refractivity contribution in [2.75, 3.05) is 13.6 Å². The Balaban J connectivity index is 2.44. The quantitative estimate of drug-likeness (QED) is 0.739. The van der Waals surface area contributed by atoms with E-state index in [-0.39, 0.29) is 18.0 Å². The Morgan fingerprint density at radius 3 is 2.79 bits per heavy atom. The van der Waals surface area contributed by atoms with E-state index in [2.05, 4.69) is 5.32 Å². The summed E-state index contributed by atoms with van der Waals surface area (Å²) in [4.78, 5) is 13.4. The van der Waals surface area contributed by atoms with Crippen LogP contribution in [0.4, 0.5) is 4.39 Å². The van der Waals surface area contributed by atoms with Crippen LogP contribution in [0.1, 0.15) is 26.7 Å². The van der Waals surface area contributed by atoms with Crippen LogP contribution in [0.25, 0.3) is 0 Å². The molecule has 82 valence electrons. The lowest BCUT2D eigenvalue weighted by molar-refractivity contribution is -0.125. The Morgan fingerprint density at radius 2 is 2.36 bits per heavy atom. The number of nitrogens with one attached hydrogen (secondary N) is 1. The zero-order valence-electron chi connectivity index (χ0n) is 9.09. The van der Waals surface area contributed by atoms with Crippen LogP contribution in [0.5, 0.6) is 0 Å². The van der Waals surface area contributed by atoms with Crippen molar-refractivity contribution in [3.63, 3.8) is 0 Å². The molecule has 0 spiro atoms. The molecule has 0 aromatic rings. The lowest BCUT2D eigenvalue weighted by Gasteiger charge is -2.20. The predicted octanol–water partition coefficient (Wildman–Crippen LogP) is 0.943. The van der Waals surface area contributed by atoms with Gasteiger partial charge in [-0.15, -0.1) is 0 Å². The summed E-state index contributed by atoms with van der Waals surface area (Å²) in [5.41, 5.74) is 0. The number of likely N-dealkylation sites (N-methyl/N-ethyl adjacent to an activating group) is 1. The second-order valence-corrected chi connectivity index (χ2v) is 4.11. The number of likely N-dealkylation sites (tertiary alicyclic amines) is 1. The van der Waals surface area contributed by atoms with Crippen LogP contribution in [0.2, 0.25) is 0 Å². The molecule has 1 saturated heterocycles. The second kappa shape index (κ2) is 4.73. The molecule has 1 fully saturated rings. The molecule has 0 aromatic heterocycles. The third-order valence-electron chi connectivity index (χ3n) is 2.80. The first kappa shape index (κ1) is 11.4. The maximum absolute atomic E-state index is 13.0. The van der Waals surface area contributed by atoms with Crippen molar-refractivity contribution in [2.24, 2.45) is 0 Å². The number of nitrogens with zero attached hydrogens (tertiary/aromatic N) is 1. The van der Waals surface area contributed by atoms with E-state index >= 15 is 0 Å². The Bertz CT molecular complexity index is 210. The van der Waals surface area contributed by atoms with Gasteiger partial charge in [-0.05, 0) is 20.4 Å². The molecule has 1 unspecified atom stereocenters. The van der Waals surface area contributed by atoms with E-state index in [1.807, 2.05) is 13.8 Å². The third kappa shape index (κ3) is 2.67. The molecular weight excluding hydrogens is 183 g/mol. The van der Waals surface area contributed by atoms with Crippen LogP contribution in [-0.2, 0) is 4.79 Å². The van der Waals surface area contributed by atoms with E-state index < -0.39 is 6.17 Å². The zero-order valence-corrected chi connectivity index (χ0v) is 9.09. The van der Waals surface area contributed by atoms with Crippen LogP contribution in [0.3, 0.4) is 0 Å². The number of amides is 1. The normalized spacial score (nSPS) is 30.3. The molecular formula is C10H19FN2O. The number of rotatable bonds is 3. The summed E-state index contributed by atoms with van der Waals surface area (Å²) in [6, 6.07) is -0.103. The molecule has 1 N–H and O–H groups in total. The Labute approximate surface area is 84.7 Å². The van der Waals surface area contributed by atoms with E-state index in [1.54, 1.807) is 11.9 Å². The molecule has 0 radical (unpaired) electrons. The van der Waals surface area contributed by atoms with Crippen molar-refractivity contribution in [3.05, 3.63) is 0 Å². The minimum absolute atomic E-state index is 0.0398. The highest BCUT2D eigenvalue weighted by Gasteiger charge is 2.34. The summed E-state index contributed by atoms with van der Waals surface area (Å²) in [6.07, 6.45) is 0.382. The highest BCUT2D eigenvalue weighted by atomic mass is 19.1. The van der Waals surface area contributed by atoms with Crippen molar-refractivity contribution >= 4 is 5.91 Å². The molecule has 0 aliphatic carbocycles. The molecule has 0 saturated carbocycles. The van der Waals surface area contributed by atoms with Gasteiger partial charge in [0.15, 0.2) is 0 Å². The Morgan fingerprint density at radius 1 is 1.71 bits per heavy atom. The average Bonchev–Trinajstić information content (AvgIpc) is 2.45. The largest absolute Gasteiger partial charge is 0.352 e. The van der Waals surface area contributed by atoms with E-state index in [0.29, 0.717) is 13.0 Å². The van der Waals surface area contributed by atoms with Crippen molar-refractivity contribution < 1.29 is 9.18 Å². The summed E-state index contributed by atoms with van der Waals surface area (Å²) in [5, 5.41) is 2.88. The fourth-order valence-corrected chi connectivity index (χ4v) is 1.68. The van der Waals surface area contributed by atoms with E-state index in [9.17, 15) is 9.18 Å². The number of carbonyl (C=O) groups is 1. The van der Waals surface area contributed by atoms with Gasteiger partial charge in [-0.2, -0.15) is 0 Å². The summed E-state index contributed by atoms with van der Waals surface area (Å²) < 4.78 is 13.0. The maximum atomic E-state index is 13.0. The fraction of sp³-hybridized carbons (Fsp3) is 0.900. The zero-order chi connectivity index (χ0) is 10.7. The molecule has 1 amide bonds. The average molecular weight is 202 g/mol. The molecule has 1 aliphatic heterocycles. The van der Waals surface area contributed by atoms with Crippen LogP contribution < -0.4 is 5.32 Å². The molecule has 3 atom stereocenters. The lowest BCUT2D eigenvalue weighted by Crippen LogP contribution is -2.44. The second-order valence-electron chi connectivity index (χ2n) is 4.11. The van der Waals surface area contributed by atoms with Gasteiger partial charge in [-0.3, -0.25) is 9.69 Å². The van der Waals surface area contributed by atoms with E-state index in [0.717, 1.165) is 6.42 Å². The van der Waals surface area contributed by atoms with Crippen molar-refractivity contribution in [3.8, 4) is 0 Å². The van der Waals surface area contributed by atoms with Gasteiger partial charge in [0.1, 0.15) is 6.17 Å². The van der Waals surface area contributed by atoms with Crippen molar-refractivity contribution in [1.29, 1.82) is 0 Å². The highest BCUT2D eigenvalue weighted by Crippen LogP contribution is 2.18. The molecule has 1 rings (SSSR count). The van der Waals surface area contributed by atoms with Crippen LogP contribution in [0.15, 0.2) is 0 Å². The van der Waals surface area contributed by atoms with Crippen molar-refractivity contribution in [1.82, 2.24) is 10.2 Å². The van der Waals surface area contributed by atoms with Crippen molar-refractivity contribution in [2.45, 2.75) is 44.9 Å². The topological polar surface area (TPSA) is 32.3 Å². The van der Waals surface area contributed by atoms with E-state index in [4.69, 9.17) is 0 Å². The minimum Gasteiger partial charge on any atom is -0.352 e. The van der Waals surface area contributed by atoms with Gasteiger partial charge in [-0.1, -0.05) is 6.92 Å². The lowest BCUT2D eigenvalue weighted by atomic mass is 10.1.